The lowest BCUT2D eigenvalue weighted by molar-refractivity contribution is 0.114. The van der Waals surface area contributed by atoms with E-state index in [1.807, 2.05) is 13.8 Å². The van der Waals surface area contributed by atoms with E-state index in [9.17, 15) is 5.26 Å². The van der Waals surface area contributed by atoms with Gasteiger partial charge in [-0.15, -0.1) is 0 Å². The Morgan fingerprint density at radius 2 is 2.05 bits per heavy atom. The minimum Gasteiger partial charge on any atom is -0.380 e. The molecular weight excluding hydrogens is 250 g/mol. The Bertz CT molecular complexity index is 299. The van der Waals surface area contributed by atoms with E-state index in [2.05, 4.69) is 23.2 Å². The van der Waals surface area contributed by atoms with Crippen LogP contribution in [0.15, 0.2) is 0 Å². The van der Waals surface area contributed by atoms with E-state index < -0.39 is 0 Å². The summed E-state index contributed by atoms with van der Waals surface area (Å²) in [6, 6.07) is 3.04. The Hall–Kier alpha value is -0.630. The highest BCUT2D eigenvalue weighted by molar-refractivity contribution is 5.06. The van der Waals surface area contributed by atoms with E-state index in [0.717, 1.165) is 52.1 Å². The van der Waals surface area contributed by atoms with Crippen molar-refractivity contribution in [2.45, 2.75) is 64.5 Å². The summed E-state index contributed by atoms with van der Waals surface area (Å²) in [6.07, 6.45) is 5.68. The summed E-state index contributed by atoms with van der Waals surface area (Å²) in [5, 5.41) is 12.8. The summed E-state index contributed by atoms with van der Waals surface area (Å²) in [5.41, 5.74) is -0.330. The SMILES string of the molecule is CCOCCN(CC)CCCCC(C)(C#N)NC1CC1. The van der Waals surface area contributed by atoms with Crippen LogP contribution in [-0.4, -0.2) is 49.3 Å². The van der Waals surface area contributed by atoms with E-state index in [1.54, 1.807) is 0 Å². The first-order chi connectivity index (χ1) is 9.63. The molecule has 20 heavy (non-hydrogen) atoms. The second kappa shape index (κ2) is 9.33. The summed E-state index contributed by atoms with van der Waals surface area (Å²) in [5.74, 6) is 0. The van der Waals surface area contributed by atoms with Crippen LogP contribution >= 0.6 is 0 Å². The molecule has 1 fully saturated rings. The van der Waals surface area contributed by atoms with Crippen LogP contribution in [0.2, 0.25) is 0 Å². The van der Waals surface area contributed by atoms with Gasteiger partial charge in [0.1, 0.15) is 5.54 Å². The number of hydrogen-bond donors (Lipinski definition) is 1. The number of nitriles is 1. The smallest absolute Gasteiger partial charge is 0.104 e. The molecule has 0 radical (unpaired) electrons. The number of hydrogen-bond acceptors (Lipinski definition) is 4. The van der Waals surface area contributed by atoms with Gasteiger partial charge in [0, 0.05) is 19.2 Å². The zero-order valence-corrected chi connectivity index (χ0v) is 13.5. The molecule has 0 aromatic heterocycles. The first kappa shape index (κ1) is 17.4. The van der Waals surface area contributed by atoms with Gasteiger partial charge in [-0.05, 0) is 59.0 Å². The predicted molar refractivity (Wildman–Crippen MR) is 82.6 cm³/mol. The van der Waals surface area contributed by atoms with Crippen molar-refractivity contribution >= 4 is 0 Å². The highest BCUT2D eigenvalue weighted by Crippen LogP contribution is 2.24. The Morgan fingerprint density at radius 1 is 1.30 bits per heavy atom. The third kappa shape index (κ3) is 7.23. The van der Waals surface area contributed by atoms with Crippen LogP contribution in [0.25, 0.3) is 0 Å². The first-order valence-electron chi connectivity index (χ1n) is 8.12. The van der Waals surface area contributed by atoms with E-state index in [0.29, 0.717) is 6.04 Å². The third-order valence-corrected chi connectivity index (χ3v) is 3.95. The van der Waals surface area contributed by atoms with Gasteiger partial charge in [-0.25, -0.2) is 0 Å². The molecule has 1 saturated carbocycles. The molecule has 4 heteroatoms. The zero-order chi connectivity index (χ0) is 14.8. The van der Waals surface area contributed by atoms with Gasteiger partial charge in [0.2, 0.25) is 0 Å². The molecule has 0 aliphatic heterocycles. The highest BCUT2D eigenvalue weighted by Gasteiger charge is 2.31. The molecule has 0 heterocycles. The number of likely N-dealkylation sites (N-methyl/N-ethyl adjacent to an activating group) is 1. The lowest BCUT2D eigenvalue weighted by atomic mass is 9.96. The van der Waals surface area contributed by atoms with Crippen LogP contribution in [-0.2, 0) is 4.74 Å². The van der Waals surface area contributed by atoms with E-state index in [4.69, 9.17) is 4.74 Å². The molecule has 0 amide bonds. The Labute approximate surface area is 124 Å². The van der Waals surface area contributed by atoms with E-state index >= 15 is 0 Å². The number of nitrogens with zero attached hydrogens (tertiary/aromatic N) is 2. The fourth-order valence-corrected chi connectivity index (χ4v) is 2.42. The summed E-state index contributed by atoms with van der Waals surface area (Å²) >= 11 is 0. The maximum atomic E-state index is 9.32. The molecular formula is C16H31N3O. The third-order valence-electron chi connectivity index (χ3n) is 3.95. The van der Waals surface area contributed by atoms with Crippen LogP contribution in [0, 0.1) is 11.3 Å². The standard InChI is InChI=1S/C16H31N3O/c1-4-19(12-13-20-5-2)11-7-6-10-16(3,14-17)18-15-8-9-15/h15,18H,4-13H2,1-3H3. The van der Waals surface area contributed by atoms with Crippen LogP contribution in [0.3, 0.4) is 0 Å². The van der Waals surface area contributed by atoms with Gasteiger partial charge in [-0.1, -0.05) is 6.92 Å². The number of ether oxygens (including phenoxy) is 1. The van der Waals surface area contributed by atoms with Gasteiger partial charge in [0.05, 0.1) is 12.7 Å². The van der Waals surface area contributed by atoms with Gasteiger partial charge in [-0.2, -0.15) is 5.26 Å². The topological polar surface area (TPSA) is 48.3 Å². The molecule has 0 saturated heterocycles. The predicted octanol–water partition coefficient (Wildman–Crippen LogP) is 2.55. The zero-order valence-electron chi connectivity index (χ0n) is 13.5. The first-order valence-corrected chi connectivity index (χ1v) is 8.12. The molecule has 1 N–H and O–H groups in total. The minimum absolute atomic E-state index is 0.330. The van der Waals surface area contributed by atoms with Gasteiger partial charge < -0.3 is 9.64 Å². The second-order valence-corrected chi connectivity index (χ2v) is 5.95. The molecule has 1 aliphatic rings. The fraction of sp³-hybridized carbons (Fsp3) is 0.938. The second-order valence-electron chi connectivity index (χ2n) is 5.95. The van der Waals surface area contributed by atoms with E-state index in [-0.39, 0.29) is 5.54 Å². The largest absolute Gasteiger partial charge is 0.380 e. The minimum atomic E-state index is -0.330. The normalized spacial score (nSPS) is 17.9. The van der Waals surface area contributed by atoms with Crippen LogP contribution < -0.4 is 5.32 Å². The van der Waals surface area contributed by atoms with Crippen LogP contribution in [0.1, 0.15) is 52.9 Å². The summed E-state index contributed by atoms with van der Waals surface area (Å²) in [7, 11) is 0. The van der Waals surface area contributed by atoms with Crippen LogP contribution in [0.4, 0.5) is 0 Å². The molecule has 1 rings (SSSR count). The van der Waals surface area contributed by atoms with Gasteiger partial charge in [-0.3, -0.25) is 5.32 Å². The summed E-state index contributed by atoms with van der Waals surface area (Å²) < 4.78 is 5.40. The van der Waals surface area contributed by atoms with Crippen molar-refractivity contribution in [2.75, 3.05) is 32.8 Å². The van der Waals surface area contributed by atoms with E-state index in [1.165, 1.54) is 12.8 Å². The molecule has 0 aromatic carbocycles. The lowest BCUT2D eigenvalue weighted by Gasteiger charge is -2.24. The Morgan fingerprint density at radius 3 is 2.60 bits per heavy atom. The van der Waals surface area contributed by atoms with Gasteiger partial charge in [0.25, 0.3) is 0 Å². The maximum Gasteiger partial charge on any atom is 0.104 e. The average molecular weight is 281 g/mol. The molecule has 0 spiro atoms. The molecule has 1 unspecified atom stereocenters. The number of unbranched alkanes of at least 4 members (excludes halogenated alkanes) is 1. The van der Waals surface area contributed by atoms with Crippen LogP contribution in [0.5, 0.6) is 0 Å². The molecule has 0 aromatic rings. The molecule has 1 aliphatic carbocycles. The monoisotopic (exact) mass is 281 g/mol. The highest BCUT2D eigenvalue weighted by atomic mass is 16.5. The molecule has 4 nitrogen and oxygen atoms in total. The quantitative estimate of drug-likeness (QED) is 0.559. The fourth-order valence-electron chi connectivity index (χ4n) is 2.42. The molecule has 116 valence electrons. The van der Waals surface area contributed by atoms with Crippen molar-refractivity contribution in [3.8, 4) is 6.07 Å². The van der Waals surface area contributed by atoms with Crippen molar-refractivity contribution in [3.05, 3.63) is 0 Å². The Kier molecular flexibility index (Phi) is 8.13. The van der Waals surface area contributed by atoms with Crippen molar-refractivity contribution < 1.29 is 4.74 Å². The van der Waals surface area contributed by atoms with Gasteiger partial charge in [0.15, 0.2) is 0 Å². The maximum absolute atomic E-state index is 9.32. The molecule has 0 bridgehead atoms. The van der Waals surface area contributed by atoms with Crippen molar-refractivity contribution in [1.82, 2.24) is 10.2 Å². The summed E-state index contributed by atoms with van der Waals surface area (Å²) in [4.78, 5) is 2.42. The van der Waals surface area contributed by atoms with Crippen molar-refractivity contribution in [2.24, 2.45) is 0 Å². The Balaban J connectivity index is 2.13. The number of nitrogens with one attached hydrogen (secondary N) is 1. The summed E-state index contributed by atoms with van der Waals surface area (Å²) in [6.45, 7) is 11.1. The van der Waals surface area contributed by atoms with Crippen molar-refractivity contribution in [3.63, 3.8) is 0 Å². The van der Waals surface area contributed by atoms with Crippen molar-refractivity contribution in [1.29, 1.82) is 5.26 Å². The van der Waals surface area contributed by atoms with Gasteiger partial charge >= 0.3 is 0 Å². The lowest BCUT2D eigenvalue weighted by Crippen LogP contribution is -2.42. The number of rotatable bonds is 12. The molecule has 1 atom stereocenters. The average Bonchev–Trinajstić information content (AvgIpc) is 3.25.